The molecule has 6 nitrogen and oxygen atoms in total. The van der Waals surface area contributed by atoms with E-state index in [2.05, 4.69) is 30.7 Å². The highest BCUT2D eigenvalue weighted by molar-refractivity contribution is 5.83. The minimum atomic E-state index is -4.40. The summed E-state index contributed by atoms with van der Waals surface area (Å²) in [6.45, 7) is 6.79. The minimum absolute atomic E-state index is 0.134. The van der Waals surface area contributed by atoms with Crippen molar-refractivity contribution in [3.63, 3.8) is 0 Å². The highest BCUT2D eigenvalue weighted by Crippen LogP contribution is 2.46. The number of hydrogen-bond acceptors (Lipinski definition) is 5. The summed E-state index contributed by atoms with van der Waals surface area (Å²) in [4.78, 5) is 16.6. The molecule has 3 aromatic rings. The number of nitrogens with one attached hydrogen (secondary N) is 1. The molecule has 0 bridgehead atoms. The fourth-order valence-electron chi connectivity index (χ4n) is 5.71. The number of rotatable bonds is 7. The minimum Gasteiger partial charge on any atom is -0.496 e. The van der Waals surface area contributed by atoms with E-state index in [4.69, 9.17) is 14.5 Å². The first-order chi connectivity index (χ1) is 17.4. The van der Waals surface area contributed by atoms with Gasteiger partial charge < -0.3 is 19.4 Å². The number of esters is 1. The number of anilines is 2. The second-order valence-electron chi connectivity index (χ2n) is 10.8. The van der Waals surface area contributed by atoms with Gasteiger partial charge in [0, 0.05) is 24.2 Å². The summed E-state index contributed by atoms with van der Waals surface area (Å²) in [6, 6.07) is 8.97. The zero-order valence-electron chi connectivity index (χ0n) is 21.9. The average molecular weight is 518 g/mol. The number of ether oxygens (including phenoxy) is 2. The number of carbonyl (C=O) groups is 1. The van der Waals surface area contributed by atoms with Crippen molar-refractivity contribution in [1.29, 1.82) is 0 Å². The molecule has 0 amide bonds. The van der Waals surface area contributed by atoms with Crippen molar-refractivity contribution in [2.24, 2.45) is 11.3 Å². The van der Waals surface area contributed by atoms with E-state index in [0.29, 0.717) is 29.7 Å². The van der Waals surface area contributed by atoms with E-state index in [1.54, 1.807) is 7.11 Å². The predicted octanol–water partition coefficient (Wildman–Crippen LogP) is 7.30. The van der Waals surface area contributed by atoms with Gasteiger partial charge >= 0.3 is 12.1 Å². The number of fused-ring (bicyclic) bond motifs is 1. The Labute approximate surface area is 215 Å². The Bertz CT molecular complexity index is 1270. The number of halogens is 3. The maximum Gasteiger partial charge on any atom is 0.416 e. The zero-order valence-corrected chi connectivity index (χ0v) is 21.9. The number of aromatic nitrogens is 2. The number of nitrogens with zero attached hydrogens (tertiary/aromatic N) is 2. The number of aryl methyl sites for hydroxylation is 1. The lowest BCUT2D eigenvalue weighted by Crippen LogP contribution is -2.29. The second-order valence-corrected chi connectivity index (χ2v) is 10.8. The van der Waals surface area contributed by atoms with Crippen LogP contribution in [-0.2, 0) is 22.1 Å². The maximum absolute atomic E-state index is 13.1. The summed E-state index contributed by atoms with van der Waals surface area (Å²) in [7, 11) is 2.95. The van der Waals surface area contributed by atoms with Crippen LogP contribution in [0.2, 0.25) is 0 Å². The van der Waals surface area contributed by atoms with Crippen molar-refractivity contribution >= 4 is 28.6 Å². The number of carbonyl (C=O) groups excluding carboxylic acids is 1. The van der Waals surface area contributed by atoms with E-state index in [0.717, 1.165) is 48.0 Å². The Kier molecular flexibility index (Phi) is 7.44. The molecule has 1 saturated carbocycles. The average Bonchev–Trinajstić information content (AvgIpc) is 3.16. The topological polar surface area (TPSA) is 65.4 Å². The molecular weight excluding hydrogens is 483 g/mol. The fourth-order valence-corrected chi connectivity index (χ4v) is 5.71. The normalized spacial score (nSPS) is 19.6. The van der Waals surface area contributed by atoms with Crippen molar-refractivity contribution in [3.05, 3.63) is 47.5 Å². The summed E-state index contributed by atoms with van der Waals surface area (Å²) in [6.07, 6.45) is -0.719. The Morgan fingerprint density at radius 1 is 1.16 bits per heavy atom. The first-order valence-electron chi connectivity index (χ1n) is 12.5. The number of benzene rings is 2. The third-order valence-electron chi connectivity index (χ3n) is 7.12. The summed E-state index contributed by atoms with van der Waals surface area (Å²) < 4.78 is 51.8. The van der Waals surface area contributed by atoms with E-state index < -0.39 is 11.7 Å². The van der Waals surface area contributed by atoms with Crippen LogP contribution in [0.15, 0.2) is 36.4 Å². The molecule has 2 atom stereocenters. The van der Waals surface area contributed by atoms with Gasteiger partial charge in [-0.2, -0.15) is 13.2 Å². The molecule has 2 aromatic carbocycles. The Morgan fingerprint density at radius 3 is 2.46 bits per heavy atom. The zero-order chi connectivity index (χ0) is 27.0. The van der Waals surface area contributed by atoms with Crippen LogP contribution >= 0.6 is 0 Å². The van der Waals surface area contributed by atoms with E-state index in [1.165, 1.54) is 19.2 Å². The van der Waals surface area contributed by atoms with Crippen LogP contribution in [0.4, 0.5) is 24.8 Å². The molecule has 0 radical (unpaired) electrons. The molecule has 4 rings (SSSR count). The molecule has 1 N–H and O–H groups in total. The summed E-state index contributed by atoms with van der Waals surface area (Å²) in [5.74, 6) is 1.42. The first kappa shape index (κ1) is 26.8. The highest BCUT2D eigenvalue weighted by Gasteiger charge is 2.35. The highest BCUT2D eigenvalue weighted by atomic mass is 19.4. The third-order valence-corrected chi connectivity index (χ3v) is 7.12. The summed E-state index contributed by atoms with van der Waals surface area (Å²) in [5, 5.41) is 3.27. The lowest BCUT2D eigenvalue weighted by molar-refractivity contribution is -0.140. The van der Waals surface area contributed by atoms with Crippen molar-refractivity contribution in [2.75, 3.05) is 19.5 Å². The standard InChI is InChI=1S/C28H34F3N3O3/c1-17-12-21(16-27(2,3)15-17)34-23-14-24(36-4)18(6-11-25(35)37-5)13-22(23)33-26(34)32-20-9-7-19(8-10-20)28(29,30)31/h7-10,13-14,17,21H,6,11-12,15-16H2,1-5H3,(H,32,33)/t17-,21?/m1/s1. The van der Waals surface area contributed by atoms with Crippen LogP contribution in [0.1, 0.15) is 63.6 Å². The molecule has 1 aliphatic rings. The van der Waals surface area contributed by atoms with E-state index in [-0.39, 0.29) is 23.8 Å². The van der Waals surface area contributed by atoms with Crippen LogP contribution in [0.25, 0.3) is 11.0 Å². The third kappa shape index (κ3) is 6.02. The fraction of sp³-hybridized carbons (Fsp3) is 0.500. The predicted molar refractivity (Wildman–Crippen MR) is 137 cm³/mol. The van der Waals surface area contributed by atoms with Gasteiger partial charge in [-0.25, -0.2) is 4.98 Å². The molecule has 1 aromatic heterocycles. The van der Waals surface area contributed by atoms with Crippen LogP contribution in [0, 0.1) is 11.3 Å². The van der Waals surface area contributed by atoms with E-state index in [9.17, 15) is 18.0 Å². The number of imidazole rings is 1. The van der Waals surface area contributed by atoms with Gasteiger partial charge in [0.2, 0.25) is 5.95 Å². The second kappa shape index (κ2) is 10.3. The van der Waals surface area contributed by atoms with Crippen molar-refractivity contribution in [1.82, 2.24) is 9.55 Å². The van der Waals surface area contributed by atoms with Crippen LogP contribution in [0.5, 0.6) is 5.75 Å². The van der Waals surface area contributed by atoms with Gasteiger partial charge in [-0.05, 0) is 72.9 Å². The molecule has 0 saturated heterocycles. The van der Waals surface area contributed by atoms with Crippen LogP contribution < -0.4 is 10.1 Å². The molecule has 1 unspecified atom stereocenters. The molecule has 37 heavy (non-hydrogen) atoms. The van der Waals surface area contributed by atoms with Crippen molar-refractivity contribution in [2.45, 2.75) is 65.1 Å². The van der Waals surface area contributed by atoms with Gasteiger partial charge in [0.15, 0.2) is 0 Å². The van der Waals surface area contributed by atoms with Crippen LogP contribution in [-0.4, -0.2) is 29.7 Å². The van der Waals surface area contributed by atoms with Gasteiger partial charge in [-0.1, -0.05) is 20.8 Å². The quantitative estimate of drug-likeness (QED) is 0.333. The number of methoxy groups -OCH3 is 2. The molecule has 1 fully saturated rings. The smallest absolute Gasteiger partial charge is 0.416 e. The molecule has 1 aliphatic carbocycles. The molecule has 1 heterocycles. The Morgan fingerprint density at radius 2 is 1.86 bits per heavy atom. The largest absolute Gasteiger partial charge is 0.496 e. The molecule has 0 spiro atoms. The number of hydrogen-bond donors (Lipinski definition) is 1. The molecule has 0 aliphatic heterocycles. The Balaban J connectivity index is 1.79. The number of alkyl halides is 3. The first-order valence-corrected chi connectivity index (χ1v) is 12.5. The lowest BCUT2D eigenvalue weighted by atomic mass is 9.70. The SMILES string of the molecule is COC(=O)CCc1cc2nc(Nc3ccc(C(F)(F)F)cc3)n(C3C[C@@H](C)CC(C)(C)C3)c2cc1OC. The van der Waals surface area contributed by atoms with Crippen LogP contribution in [0.3, 0.4) is 0 Å². The summed E-state index contributed by atoms with van der Waals surface area (Å²) in [5.41, 5.74) is 2.40. The molecule has 9 heteroatoms. The van der Waals surface area contributed by atoms with Gasteiger partial charge in [-0.3, -0.25) is 4.79 Å². The van der Waals surface area contributed by atoms with Gasteiger partial charge in [0.05, 0.1) is 30.8 Å². The van der Waals surface area contributed by atoms with Gasteiger partial charge in [-0.15, -0.1) is 0 Å². The Hall–Kier alpha value is -3.23. The maximum atomic E-state index is 13.1. The van der Waals surface area contributed by atoms with Crippen molar-refractivity contribution in [3.8, 4) is 5.75 Å². The van der Waals surface area contributed by atoms with Crippen molar-refractivity contribution < 1.29 is 27.4 Å². The summed E-state index contributed by atoms with van der Waals surface area (Å²) >= 11 is 0. The lowest BCUT2D eigenvalue weighted by Gasteiger charge is -2.40. The molecule has 200 valence electrons. The van der Waals surface area contributed by atoms with Gasteiger partial charge in [0.1, 0.15) is 5.75 Å². The molecular formula is C28H34F3N3O3. The monoisotopic (exact) mass is 517 g/mol. The van der Waals surface area contributed by atoms with Gasteiger partial charge in [0.25, 0.3) is 0 Å². The van der Waals surface area contributed by atoms with E-state index >= 15 is 0 Å². The van der Waals surface area contributed by atoms with E-state index in [1.807, 2.05) is 12.1 Å².